The quantitative estimate of drug-likeness (QED) is 0.867. The Kier molecular flexibility index (Phi) is 4.52. The van der Waals surface area contributed by atoms with E-state index in [9.17, 15) is 13.6 Å². The molecule has 4 nitrogen and oxygen atoms in total. The molecule has 0 fully saturated rings. The SMILES string of the molecule is N#Cc1cc(CC(=O)O)c(CBr)nc1C(F)F. The molecule has 1 rings (SSSR count). The van der Waals surface area contributed by atoms with Crippen molar-refractivity contribution >= 4 is 21.9 Å². The van der Waals surface area contributed by atoms with Gasteiger partial charge in [-0.05, 0) is 11.6 Å². The third-order valence-corrected chi connectivity index (χ3v) is 2.55. The molecule has 0 bridgehead atoms. The van der Waals surface area contributed by atoms with Crippen LogP contribution in [0.3, 0.4) is 0 Å². The normalized spacial score (nSPS) is 10.3. The molecule has 17 heavy (non-hydrogen) atoms. The van der Waals surface area contributed by atoms with Crippen molar-refractivity contribution in [1.29, 1.82) is 5.26 Å². The van der Waals surface area contributed by atoms with Crippen LogP contribution in [-0.2, 0) is 16.5 Å². The molecule has 0 aliphatic carbocycles. The van der Waals surface area contributed by atoms with Crippen molar-refractivity contribution in [3.8, 4) is 6.07 Å². The number of aromatic nitrogens is 1. The number of nitriles is 1. The predicted octanol–water partition coefficient (Wildman–Crippen LogP) is 2.41. The average molecular weight is 305 g/mol. The van der Waals surface area contributed by atoms with Crippen molar-refractivity contribution in [3.05, 3.63) is 28.6 Å². The summed E-state index contributed by atoms with van der Waals surface area (Å²) in [5, 5.41) is 17.5. The second-order valence-corrected chi connectivity index (χ2v) is 3.70. The Labute approximate surface area is 104 Å². The number of hydrogen-bond donors (Lipinski definition) is 1. The first-order valence-electron chi connectivity index (χ1n) is 4.48. The molecule has 0 amide bonds. The van der Waals surface area contributed by atoms with E-state index in [1.54, 1.807) is 6.07 Å². The topological polar surface area (TPSA) is 74.0 Å². The summed E-state index contributed by atoms with van der Waals surface area (Å²) in [7, 11) is 0. The Morgan fingerprint density at radius 1 is 1.65 bits per heavy atom. The van der Waals surface area contributed by atoms with Crippen molar-refractivity contribution in [2.75, 3.05) is 0 Å². The number of carbonyl (C=O) groups is 1. The van der Waals surface area contributed by atoms with E-state index in [0.29, 0.717) is 0 Å². The van der Waals surface area contributed by atoms with Gasteiger partial charge < -0.3 is 5.11 Å². The van der Waals surface area contributed by atoms with Gasteiger partial charge in [0.15, 0.2) is 0 Å². The molecule has 0 aromatic carbocycles. The van der Waals surface area contributed by atoms with Crippen molar-refractivity contribution in [2.24, 2.45) is 0 Å². The number of pyridine rings is 1. The van der Waals surface area contributed by atoms with E-state index in [2.05, 4.69) is 20.9 Å². The van der Waals surface area contributed by atoms with E-state index in [1.165, 1.54) is 0 Å². The van der Waals surface area contributed by atoms with Crippen molar-refractivity contribution in [1.82, 2.24) is 4.98 Å². The lowest BCUT2D eigenvalue weighted by atomic mass is 10.1. The molecular formula is C10H7BrF2N2O2. The molecule has 0 atom stereocenters. The second kappa shape index (κ2) is 5.68. The zero-order valence-electron chi connectivity index (χ0n) is 8.45. The Morgan fingerprint density at radius 3 is 2.71 bits per heavy atom. The van der Waals surface area contributed by atoms with Crippen LogP contribution in [0.4, 0.5) is 8.78 Å². The Hall–Kier alpha value is -1.55. The fourth-order valence-corrected chi connectivity index (χ4v) is 1.78. The number of hydrogen-bond acceptors (Lipinski definition) is 3. The summed E-state index contributed by atoms with van der Waals surface area (Å²) in [4.78, 5) is 14.2. The summed E-state index contributed by atoms with van der Waals surface area (Å²) in [5.74, 6) is -1.11. The maximum Gasteiger partial charge on any atom is 0.307 e. The van der Waals surface area contributed by atoms with Crippen LogP contribution < -0.4 is 0 Å². The molecule has 7 heteroatoms. The van der Waals surface area contributed by atoms with Gasteiger partial charge >= 0.3 is 5.97 Å². The summed E-state index contributed by atoms with van der Waals surface area (Å²) in [6.45, 7) is 0. The maximum absolute atomic E-state index is 12.6. The van der Waals surface area contributed by atoms with E-state index in [0.717, 1.165) is 6.07 Å². The van der Waals surface area contributed by atoms with Gasteiger partial charge in [0.1, 0.15) is 11.8 Å². The first-order valence-corrected chi connectivity index (χ1v) is 5.60. The van der Waals surface area contributed by atoms with Crippen LogP contribution in [0, 0.1) is 11.3 Å². The van der Waals surface area contributed by atoms with Crippen molar-refractivity contribution in [2.45, 2.75) is 18.2 Å². The number of halogens is 3. The van der Waals surface area contributed by atoms with Gasteiger partial charge in [-0.1, -0.05) is 15.9 Å². The number of nitrogens with zero attached hydrogens (tertiary/aromatic N) is 2. The summed E-state index contributed by atoms with van der Waals surface area (Å²) in [6.07, 6.45) is -3.21. The molecule has 1 heterocycles. The minimum absolute atomic E-state index is 0.154. The summed E-state index contributed by atoms with van der Waals surface area (Å²) in [5.41, 5.74) is -0.436. The number of aliphatic carboxylic acids is 1. The summed E-state index contributed by atoms with van der Waals surface area (Å²) >= 11 is 3.04. The standard InChI is InChI=1S/C10H7BrF2N2O2/c11-3-7-5(2-8(16)17)1-6(4-14)9(15-7)10(12)13/h1,10H,2-3H2,(H,16,17). The molecule has 1 aromatic rings. The molecule has 0 saturated heterocycles. The number of carboxylic acid groups (broad SMARTS) is 1. The van der Waals surface area contributed by atoms with E-state index in [1.807, 2.05) is 0 Å². The smallest absolute Gasteiger partial charge is 0.307 e. The van der Waals surface area contributed by atoms with Crippen molar-refractivity contribution < 1.29 is 18.7 Å². The average Bonchev–Trinajstić information content (AvgIpc) is 2.27. The molecule has 0 saturated carbocycles. The van der Waals surface area contributed by atoms with E-state index >= 15 is 0 Å². The predicted molar refractivity (Wildman–Crippen MR) is 57.9 cm³/mol. The molecule has 0 unspecified atom stereocenters. The number of alkyl halides is 3. The number of carboxylic acids is 1. The van der Waals surface area contributed by atoms with Crippen LogP contribution in [0.5, 0.6) is 0 Å². The van der Waals surface area contributed by atoms with Crippen LogP contribution in [0.25, 0.3) is 0 Å². The van der Waals surface area contributed by atoms with Gasteiger partial charge in [-0.2, -0.15) is 5.26 Å². The van der Waals surface area contributed by atoms with Gasteiger partial charge in [-0.3, -0.25) is 4.79 Å². The second-order valence-electron chi connectivity index (χ2n) is 3.14. The van der Waals surface area contributed by atoms with Gasteiger partial charge in [0.25, 0.3) is 6.43 Å². The molecule has 0 radical (unpaired) electrons. The summed E-state index contributed by atoms with van der Waals surface area (Å²) in [6, 6.07) is 2.74. The Morgan fingerprint density at radius 2 is 2.29 bits per heavy atom. The van der Waals surface area contributed by atoms with Crippen molar-refractivity contribution in [3.63, 3.8) is 0 Å². The highest BCUT2D eigenvalue weighted by Crippen LogP contribution is 2.24. The maximum atomic E-state index is 12.6. The van der Waals surface area contributed by atoms with Gasteiger partial charge in [0.05, 0.1) is 17.7 Å². The van der Waals surface area contributed by atoms with Crippen LogP contribution in [0.1, 0.15) is 28.9 Å². The van der Waals surface area contributed by atoms with Crippen LogP contribution >= 0.6 is 15.9 Å². The highest BCUT2D eigenvalue weighted by molar-refractivity contribution is 9.08. The Bertz CT molecular complexity index is 486. The molecule has 1 aromatic heterocycles. The van der Waals surface area contributed by atoms with E-state index in [4.69, 9.17) is 10.4 Å². The highest BCUT2D eigenvalue weighted by Gasteiger charge is 2.19. The fourth-order valence-electron chi connectivity index (χ4n) is 1.30. The van der Waals surface area contributed by atoms with Gasteiger partial charge in [-0.15, -0.1) is 0 Å². The number of rotatable bonds is 4. The summed E-state index contributed by atoms with van der Waals surface area (Å²) < 4.78 is 25.2. The zero-order valence-corrected chi connectivity index (χ0v) is 10.0. The third kappa shape index (κ3) is 3.20. The molecule has 90 valence electrons. The molecule has 0 spiro atoms. The highest BCUT2D eigenvalue weighted by atomic mass is 79.9. The molecular weight excluding hydrogens is 298 g/mol. The third-order valence-electron chi connectivity index (χ3n) is 2.02. The minimum Gasteiger partial charge on any atom is -0.481 e. The minimum atomic E-state index is -2.86. The fraction of sp³-hybridized carbons (Fsp3) is 0.300. The first-order chi connectivity index (χ1) is 7.99. The van der Waals surface area contributed by atoms with E-state index in [-0.39, 0.29) is 28.6 Å². The monoisotopic (exact) mass is 304 g/mol. The van der Waals surface area contributed by atoms with Gasteiger partial charge in [0.2, 0.25) is 0 Å². The van der Waals surface area contributed by atoms with Crippen LogP contribution in [0.15, 0.2) is 6.07 Å². The largest absolute Gasteiger partial charge is 0.481 e. The Balaban J connectivity index is 3.33. The molecule has 1 N–H and O–H groups in total. The lowest BCUT2D eigenvalue weighted by Gasteiger charge is -2.09. The zero-order chi connectivity index (χ0) is 13.0. The first kappa shape index (κ1) is 13.5. The van der Waals surface area contributed by atoms with Crippen LogP contribution in [0.2, 0.25) is 0 Å². The van der Waals surface area contributed by atoms with Gasteiger partial charge in [0, 0.05) is 5.33 Å². The van der Waals surface area contributed by atoms with Gasteiger partial charge in [-0.25, -0.2) is 13.8 Å². The lowest BCUT2D eigenvalue weighted by Crippen LogP contribution is -2.08. The van der Waals surface area contributed by atoms with E-state index < -0.39 is 18.1 Å². The van der Waals surface area contributed by atoms with Crippen LogP contribution in [-0.4, -0.2) is 16.1 Å². The molecule has 0 aliphatic heterocycles. The lowest BCUT2D eigenvalue weighted by molar-refractivity contribution is -0.136. The molecule has 0 aliphatic rings.